The predicted molar refractivity (Wildman–Crippen MR) is 303 cm³/mol. The van der Waals surface area contributed by atoms with Crippen LogP contribution in [-0.2, 0) is 42.9 Å². The van der Waals surface area contributed by atoms with Crippen LogP contribution in [0.3, 0.4) is 0 Å². The maximum atomic E-state index is 13.1. The van der Waals surface area contributed by atoms with E-state index in [1.54, 1.807) is 0 Å². The molecule has 0 spiro atoms. The second-order valence-corrected chi connectivity index (χ2v) is 21.4. The highest BCUT2D eigenvalue weighted by Crippen LogP contribution is 2.27. The minimum absolute atomic E-state index is 0.0495. The summed E-state index contributed by atoms with van der Waals surface area (Å²) in [5.41, 5.74) is 0. The lowest BCUT2D eigenvalue weighted by molar-refractivity contribution is -0.301. The van der Waals surface area contributed by atoms with Crippen molar-refractivity contribution in [2.24, 2.45) is 0 Å². The number of ether oxygens (including phenoxy) is 5. The van der Waals surface area contributed by atoms with E-state index in [2.05, 4.69) is 57.2 Å². The molecule has 0 aliphatic carbocycles. The lowest BCUT2D eigenvalue weighted by Gasteiger charge is -2.40. The Morgan fingerprint density at radius 1 is 0.440 bits per heavy atom. The fourth-order valence-corrected chi connectivity index (χ4v) is 9.44. The molecule has 0 bridgehead atoms. The minimum Gasteiger partial charge on any atom is -0.479 e. The molecular formula is C63H112O12. The van der Waals surface area contributed by atoms with Crippen LogP contribution in [0, 0.1) is 0 Å². The Morgan fingerprint density at radius 2 is 0.800 bits per heavy atom. The van der Waals surface area contributed by atoms with Gasteiger partial charge in [0.2, 0.25) is 0 Å². The van der Waals surface area contributed by atoms with Crippen LogP contribution in [0.4, 0.5) is 0 Å². The van der Waals surface area contributed by atoms with Crippen LogP contribution in [0.15, 0.2) is 36.5 Å². The number of rotatable bonds is 53. The van der Waals surface area contributed by atoms with E-state index in [1.807, 2.05) is 0 Å². The van der Waals surface area contributed by atoms with E-state index in [0.29, 0.717) is 19.3 Å². The molecule has 75 heavy (non-hydrogen) atoms. The Morgan fingerprint density at radius 3 is 1.24 bits per heavy atom. The average Bonchev–Trinajstić information content (AvgIpc) is 3.39. The lowest BCUT2D eigenvalue weighted by Crippen LogP contribution is -2.61. The summed E-state index contributed by atoms with van der Waals surface area (Å²) < 4.78 is 28.5. The molecule has 1 saturated heterocycles. The number of esters is 3. The molecule has 0 radical (unpaired) electrons. The van der Waals surface area contributed by atoms with Crippen molar-refractivity contribution in [3.63, 3.8) is 0 Å². The fourth-order valence-electron chi connectivity index (χ4n) is 9.44. The second kappa shape index (κ2) is 51.7. The normalized spacial score (nSPS) is 18.3. The maximum Gasteiger partial charge on any atom is 0.335 e. The number of aliphatic hydroxyl groups is 2. The SMILES string of the molecule is CCCCC/C=C\C/C=C\C/C=C\CCCCCCCCC(=O)OC1C(OCC(COC(=O)CCCCCCCCCCCCCCC)OC(=O)CCCCCCCCCCCCCCC)OC(C(=O)O)C(O)C1O. The molecule has 0 aromatic carbocycles. The van der Waals surface area contributed by atoms with Crippen molar-refractivity contribution < 1.29 is 58.2 Å². The van der Waals surface area contributed by atoms with E-state index in [0.717, 1.165) is 89.9 Å². The first kappa shape index (κ1) is 70.0. The van der Waals surface area contributed by atoms with Crippen LogP contribution in [0.5, 0.6) is 0 Å². The van der Waals surface area contributed by atoms with Gasteiger partial charge in [0.05, 0.1) is 6.61 Å². The van der Waals surface area contributed by atoms with Gasteiger partial charge in [0.15, 0.2) is 24.6 Å². The summed E-state index contributed by atoms with van der Waals surface area (Å²) in [6.07, 6.45) is 48.2. The number of hydrogen-bond acceptors (Lipinski definition) is 11. The van der Waals surface area contributed by atoms with Gasteiger partial charge in [0.25, 0.3) is 0 Å². The molecule has 3 N–H and O–H groups in total. The first-order valence-electron chi connectivity index (χ1n) is 31.0. The summed E-state index contributed by atoms with van der Waals surface area (Å²) in [4.78, 5) is 51.1. The molecule has 1 aliphatic rings. The van der Waals surface area contributed by atoms with Crippen LogP contribution < -0.4 is 0 Å². The van der Waals surface area contributed by atoms with Gasteiger partial charge in [-0.2, -0.15) is 0 Å². The van der Waals surface area contributed by atoms with Crippen molar-refractivity contribution in [2.45, 2.75) is 327 Å². The smallest absolute Gasteiger partial charge is 0.335 e. The molecule has 0 aromatic rings. The van der Waals surface area contributed by atoms with Crippen molar-refractivity contribution in [2.75, 3.05) is 13.2 Å². The second-order valence-electron chi connectivity index (χ2n) is 21.4. The number of unbranched alkanes of at least 4 members (excludes halogenated alkanes) is 33. The van der Waals surface area contributed by atoms with Gasteiger partial charge in [-0.1, -0.05) is 250 Å². The number of aliphatic hydroxyl groups excluding tert-OH is 2. The summed E-state index contributed by atoms with van der Waals surface area (Å²) in [6.45, 7) is 5.99. The number of carbonyl (C=O) groups is 4. The Hall–Kier alpha value is -3.06. The van der Waals surface area contributed by atoms with Gasteiger partial charge in [-0.05, 0) is 57.8 Å². The van der Waals surface area contributed by atoms with Crippen molar-refractivity contribution in [1.82, 2.24) is 0 Å². The molecule has 12 nitrogen and oxygen atoms in total. The molecule has 1 heterocycles. The van der Waals surface area contributed by atoms with Crippen molar-refractivity contribution in [3.05, 3.63) is 36.5 Å². The topological polar surface area (TPSA) is 175 Å². The van der Waals surface area contributed by atoms with Gasteiger partial charge in [0, 0.05) is 19.3 Å². The molecule has 1 aliphatic heterocycles. The largest absolute Gasteiger partial charge is 0.479 e. The summed E-state index contributed by atoms with van der Waals surface area (Å²) in [5, 5.41) is 31.5. The van der Waals surface area contributed by atoms with Gasteiger partial charge in [-0.3, -0.25) is 14.4 Å². The zero-order chi connectivity index (χ0) is 54.7. The van der Waals surface area contributed by atoms with Crippen LogP contribution in [0.2, 0.25) is 0 Å². The Kier molecular flexibility index (Phi) is 48.2. The monoisotopic (exact) mass is 1060 g/mol. The fraction of sp³-hybridized carbons (Fsp3) is 0.841. The van der Waals surface area contributed by atoms with E-state index in [1.165, 1.54) is 141 Å². The lowest BCUT2D eigenvalue weighted by atomic mass is 9.98. The number of hydrogen-bond donors (Lipinski definition) is 3. The van der Waals surface area contributed by atoms with Crippen LogP contribution in [0.1, 0.15) is 290 Å². The highest BCUT2D eigenvalue weighted by Gasteiger charge is 2.50. The third-order valence-corrected chi connectivity index (χ3v) is 14.2. The number of allylic oxidation sites excluding steroid dienone is 6. The molecule has 1 rings (SSSR count). The number of carboxylic acids is 1. The van der Waals surface area contributed by atoms with Gasteiger partial charge in [-0.25, -0.2) is 4.79 Å². The summed E-state index contributed by atoms with van der Waals surface area (Å²) >= 11 is 0. The highest BCUT2D eigenvalue weighted by molar-refractivity contribution is 5.74. The molecule has 0 saturated carbocycles. The number of aliphatic carboxylic acids is 1. The average molecular weight is 1060 g/mol. The Balaban J connectivity index is 2.66. The summed E-state index contributed by atoms with van der Waals surface area (Å²) in [6, 6.07) is 0. The first-order valence-corrected chi connectivity index (χ1v) is 31.0. The minimum atomic E-state index is -1.90. The molecule has 6 unspecified atom stereocenters. The van der Waals surface area contributed by atoms with Crippen LogP contribution in [0.25, 0.3) is 0 Å². The van der Waals surface area contributed by atoms with Gasteiger partial charge in [0.1, 0.15) is 18.8 Å². The standard InChI is InChI=1S/C63H112O12/c1-4-7-10-13-16-19-22-25-26-27-28-29-30-33-36-39-42-45-48-51-57(66)74-61-59(68)58(67)60(62(69)70)75-63(61)72-53-54(73-56(65)50-47-44-41-38-35-32-24-21-18-15-12-9-6-3)52-71-55(64)49-46-43-40-37-34-31-23-20-17-14-11-8-5-2/h16,19,25-26,28-29,54,58-61,63,67-68H,4-15,17-18,20-24,27,30-53H2,1-3H3,(H,69,70)/b19-16-,26-25-,29-28-. The van der Waals surface area contributed by atoms with E-state index in [4.69, 9.17) is 23.7 Å². The van der Waals surface area contributed by atoms with Gasteiger partial charge < -0.3 is 39.0 Å². The summed E-state index contributed by atoms with van der Waals surface area (Å²) in [7, 11) is 0. The van der Waals surface area contributed by atoms with Crippen LogP contribution in [-0.4, -0.2) is 89.2 Å². The maximum absolute atomic E-state index is 13.1. The predicted octanol–water partition coefficient (Wildman–Crippen LogP) is 16.0. The van der Waals surface area contributed by atoms with Gasteiger partial charge in [-0.15, -0.1) is 0 Å². The quantitative estimate of drug-likeness (QED) is 0.0228. The molecule has 1 fully saturated rings. The molecular weight excluding hydrogens is 949 g/mol. The number of carbonyl (C=O) groups excluding carboxylic acids is 3. The third-order valence-electron chi connectivity index (χ3n) is 14.2. The zero-order valence-corrected chi connectivity index (χ0v) is 48.1. The Bertz CT molecular complexity index is 1450. The van der Waals surface area contributed by atoms with E-state index in [9.17, 15) is 34.5 Å². The zero-order valence-electron chi connectivity index (χ0n) is 48.1. The van der Waals surface area contributed by atoms with Crippen molar-refractivity contribution >= 4 is 23.9 Å². The summed E-state index contributed by atoms with van der Waals surface area (Å²) in [5.74, 6) is -3.10. The molecule has 0 amide bonds. The van der Waals surface area contributed by atoms with Crippen molar-refractivity contribution in [3.8, 4) is 0 Å². The Labute approximate surface area is 457 Å². The van der Waals surface area contributed by atoms with E-state index >= 15 is 0 Å². The molecule has 12 heteroatoms. The highest BCUT2D eigenvalue weighted by atomic mass is 16.7. The third kappa shape index (κ3) is 41.7. The van der Waals surface area contributed by atoms with Crippen LogP contribution >= 0.6 is 0 Å². The first-order chi connectivity index (χ1) is 36.6. The van der Waals surface area contributed by atoms with E-state index in [-0.39, 0.29) is 25.9 Å². The van der Waals surface area contributed by atoms with Gasteiger partial charge >= 0.3 is 23.9 Å². The molecule has 436 valence electrons. The molecule has 6 atom stereocenters. The van der Waals surface area contributed by atoms with Crippen molar-refractivity contribution in [1.29, 1.82) is 0 Å². The molecule has 0 aromatic heterocycles. The van der Waals surface area contributed by atoms with E-state index < -0.39 is 67.3 Å². The number of carboxylic acid groups (broad SMARTS) is 1.